The van der Waals surface area contributed by atoms with Crippen molar-refractivity contribution < 1.29 is 28.2 Å². The van der Waals surface area contributed by atoms with Gasteiger partial charge in [0.25, 0.3) is 0 Å². The van der Waals surface area contributed by atoms with Crippen LogP contribution in [0.1, 0.15) is 54.1 Å². The molecule has 6 nitrogen and oxygen atoms in total. The van der Waals surface area contributed by atoms with Crippen LogP contribution < -0.4 is 10.6 Å². The van der Waals surface area contributed by atoms with Crippen LogP contribution in [0.2, 0.25) is 0 Å². The van der Waals surface area contributed by atoms with Gasteiger partial charge in [-0.2, -0.15) is 18.4 Å². The molecule has 2 unspecified atom stereocenters. The summed E-state index contributed by atoms with van der Waals surface area (Å²) in [7, 11) is 0. The number of anilines is 2. The number of hydrogen-bond acceptors (Lipinski definition) is 5. The van der Waals surface area contributed by atoms with E-state index in [-0.39, 0.29) is 40.5 Å². The van der Waals surface area contributed by atoms with E-state index in [1.807, 2.05) is 6.07 Å². The number of aryl methyl sites for hydroxylation is 1. The molecule has 0 spiro atoms. The highest BCUT2D eigenvalue weighted by Gasteiger charge is 2.64. The van der Waals surface area contributed by atoms with Crippen molar-refractivity contribution in [2.24, 2.45) is 0 Å². The lowest BCUT2D eigenvalue weighted by Gasteiger charge is -2.49. The standard InChI is InChI=1S/C23H22F3N3O3/c1-11-7-13-18(19(31)14(11)9-27)21(2,3)10-22(32,23(24,25)26)20(13)29-16-6-4-5-15-12(16)8-17(30)28-15/h4-7,20,29,31-32H,8,10H2,1-3H3,(H,28,30). The maximum Gasteiger partial charge on any atom is 0.419 e. The van der Waals surface area contributed by atoms with E-state index in [1.165, 1.54) is 26.8 Å². The van der Waals surface area contributed by atoms with E-state index >= 15 is 0 Å². The Bertz CT molecular complexity index is 1180. The predicted molar refractivity (Wildman–Crippen MR) is 111 cm³/mol. The van der Waals surface area contributed by atoms with Crippen molar-refractivity contribution in [3.8, 4) is 11.8 Å². The van der Waals surface area contributed by atoms with Crippen LogP contribution >= 0.6 is 0 Å². The number of aromatic hydroxyl groups is 1. The fourth-order valence-electron chi connectivity index (χ4n) is 5.03. The Morgan fingerprint density at radius 1 is 1.31 bits per heavy atom. The van der Waals surface area contributed by atoms with Crippen LogP contribution in [0.4, 0.5) is 24.5 Å². The number of phenols is 1. The van der Waals surface area contributed by atoms with Crippen LogP contribution in [0.3, 0.4) is 0 Å². The molecule has 0 aromatic heterocycles. The van der Waals surface area contributed by atoms with Gasteiger partial charge in [0, 0.05) is 22.5 Å². The van der Waals surface area contributed by atoms with E-state index in [0.717, 1.165) is 0 Å². The molecule has 9 heteroatoms. The van der Waals surface area contributed by atoms with Crippen molar-refractivity contribution in [1.82, 2.24) is 0 Å². The monoisotopic (exact) mass is 445 g/mol. The molecule has 1 heterocycles. The topological polar surface area (TPSA) is 105 Å². The van der Waals surface area contributed by atoms with Gasteiger partial charge in [0.05, 0.1) is 18.0 Å². The number of hydrogen-bond donors (Lipinski definition) is 4. The predicted octanol–water partition coefficient (Wildman–Crippen LogP) is 4.19. The summed E-state index contributed by atoms with van der Waals surface area (Å²) in [5.41, 5.74) is -2.64. The maximum absolute atomic E-state index is 14.3. The lowest BCUT2D eigenvalue weighted by molar-refractivity contribution is -0.276. The van der Waals surface area contributed by atoms with Crippen LogP contribution in [-0.4, -0.2) is 27.9 Å². The Kier molecular flexibility index (Phi) is 4.72. The Morgan fingerprint density at radius 3 is 2.62 bits per heavy atom. The van der Waals surface area contributed by atoms with E-state index in [1.54, 1.807) is 18.2 Å². The smallest absolute Gasteiger partial charge is 0.419 e. The van der Waals surface area contributed by atoms with Crippen molar-refractivity contribution in [2.75, 3.05) is 10.6 Å². The van der Waals surface area contributed by atoms with Gasteiger partial charge in [-0.25, -0.2) is 0 Å². The summed E-state index contributed by atoms with van der Waals surface area (Å²) in [5.74, 6) is -0.656. The van der Waals surface area contributed by atoms with Crippen LogP contribution in [0.15, 0.2) is 24.3 Å². The highest BCUT2D eigenvalue weighted by Crippen LogP contribution is 2.57. The summed E-state index contributed by atoms with van der Waals surface area (Å²) in [6, 6.07) is 6.43. The van der Waals surface area contributed by atoms with Crippen LogP contribution in [0.25, 0.3) is 0 Å². The zero-order valence-electron chi connectivity index (χ0n) is 17.7. The number of carbonyl (C=O) groups excluding carboxylic acids is 1. The van der Waals surface area contributed by atoms with Crippen molar-refractivity contribution in [2.45, 2.75) is 56.8 Å². The lowest BCUT2D eigenvalue weighted by atomic mass is 9.62. The highest BCUT2D eigenvalue weighted by molar-refractivity contribution is 6.01. The number of aliphatic hydroxyl groups is 1. The van der Waals surface area contributed by atoms with Crippen LogP contribution in [0, 0.1) is 18.3 Å². The van der Waals surface area contributed by atoms with Gasteiger partial charge < -0.3 is 20.8 Å². The normalized spacial score (nSPS) is 23.7. The number of phenolic OH excluding ortho intramolecular Hbond substituents is 1. The minimum Gasteiger partial charge on any atom is -0.506 e. The number of benzene rings is 2. The van der Waals surface area contributed by atoms with Crippen molar-refractivity contribution in [3.63, 3.8) is 0 Å². The third-order valence-corrected chi connectivity index (χ3v) is 6.40. The number of nitrogens with zero attached hydrogens (tertiary/aromatic N) is 1. The molecular formula is C23H22F3N3O3. The van der Waals surface area contributed by atoms with Gasteiger partial charge in [-0.1, -0.05) is 26.0 Å². The Hall–Kier alpha value is -3.25. The number of nitrogens with one attached hydrogen (secondary N) is 2. The molecule has 2 aromatic carbocycles. The molecule has 2 aromatic rings. The number of alkyl halides is 3. The summed E-state index contributed by atoms with van der Waals surface area (Å²) in [6.07, 6.45) is -5.74. The van der Waals surface area contributed by atoms with Crippen molar-refractivity contribution in [3.05, 3.63) is 52.1 Å². The van der Waals surface area contributed by atoms with E-state index in [4.69, 9.17) is 0 Å². The first-order valence-corrected chi connectivity index (χ1v) is 10.0. The largest absolute Gasteiger partial charge is 0.506 e. The molecular weight excluding hydrogens is 423 g/mol. The zero-order valence-corrected chi connectivity index (χ0v) is 17.7. The number of fused-ring (bicyclic) bond motifs is 2. The molecule has 0 saturated carbocycles. The molecule has 0 saturated heterocycles. The first kappa shape index (κ1) is 22.0. The molecule has 1 aliphatic carbocycles. The number of nitriles is 1. The minimum absolute atomic E-state index is 0.00826. The zero-order chi connectivity index (χ0) is 23.6. The fraction of sp³-hybridized carbons (Fsp3) is 0.391. The van der Waals surface area contributed by atoms with Gasteiger partial charge in [-0.05, 0) is 42.0 Å². The van der Waals surface area contributed by atoms with Crippen LogP contribution in [0.5, 0.6) is 5.75 Å². The highest BCUT2D eigenvalue weighted by atomic mass is 19.4. The third kappa shape index (κ3) is 3.09. The minimum atomic E-state index is -5.00. The number of amides is 1. The molecule has 4 N–H and O–H groups in total. The van der Waals surface area contributed by atoms with Gasteiger partial charge in [0.15, 0.2) is 5.60 Å². The summed E-state index contributed by atoms with van der Waals surface area (Å²) in [4.78, 5) is 11.8. The van der Waals surface area contributed by atoms with Crippen LogP contribution in [-0.2, 0) is 16.6 Å². The molecule has 1 amide bonds. The summed E-state index contributed by atoms with van der Waals surface area (Å²) in [5, 5.41) is 36.9. The summed E-state index contributed by atoms with van der Waals surface area (Å²) < 4.78 is 43.0. The molecule has 4 rings (SSSR count). The first-order valence-electron chi connectivity index (χ1n) is 10.0. The molecule has 0 radical (unpaired) electrons. The van der Waals surface area contributed by atoms with Gasteiger partial charge in [-0.3, -0.25) is 4.79 Å². The average molecular weight is 445 g/mol. The molecule has 168 valence electrons. The average Bonchev–Trinajstić information content (AvgIpc) is 3.04. The summed E-state index contributed by atoms with van der Waals surface area (Å²) in [6.45, 7) is 4.52. The molecule has 0 fully saturated rings. The number of halogens is 3. The second-order valence-corrected chi connectivity index (χ2v) is 9.11. The van der Waals surface area contributed by atoms with Gasteiger partial charge >= 0.3 is 6.18 Å². The maximum atomic E-state index is 14.3. The van der Waals surface area contributed by atoms with Gasteiger partial charge in [-0.15, -0.1) is 0 Å². The fourth-order valence-corrected chi connectivity index (χ4v) is 5.03. The second kappa shape index (κ2) is 6.87. The van der Waals surface area contributed by atoms with Gasteiger partial charge in [0.2, 0.25) is 5.91 Å². The molecule has 2 atom stereocenters. The Balaban J connectivity index is 1.97. The van der Waals surface area contributed by atoms with E-state index in [2.05, 4.69) is 10.6 Å². The molecule has 0 bridgehead atoms. The van der Waals surface area contributed by atoms with Gasteiger partial charge in [0.1, 0.15) is 11.8 Å². The Labute approximate surface area is 182 Å². The number of carbonyl (C=O) groups is 1. The molecule has 32 heavy (non-hydrogen) atoms. The first-order chi connectivity index (χ1) is 14.8. The number of rotatable bonds is 2. The lowest BCUT2D eigenvalue weighted by Crippen LogP contribution is -2.58. The third-order valence-electron chi connectivity index (χ3n) is 6.40. The van der Waals surface area contributed by atoms with E-state index in [9.17, 15) is 33.4 Å². The quantitative estimate of drug-likeness (QED) is 0.555. The van der Waals surface area contributed by atoms with E-state index < -0.39 is 29.7 Å². The summed E-state index contributed by atoms with van der Waals surface area (Å²) >= 11 is 0. The van der Waals surface area contributed by atoms with Crippen molar-refractivity contribution in [1.29, 1.82) is 5.26 Å². The van der Waals surface area contributed by atoms with Crippen molar-refractivity contribution >= 4 is 17.3 Å². The second-order valence-electron chi connectivity index (χ2n) is 9.11. The Morgan fingerprint density at radius 2 is 2.00 bits per heavy atom. The van der Waals surface area contributed by atoms with E-state index in [0.29, 0.717) is 16.8 Å². The molecule has 2 aliphatic rings. The molecule has 1 aliphatic heterocycles. The SMILES string of the molecule is Cc1cc2c(c(O)c1C#N)C(C)(C)CC(O)(C(F)(F)F)C2Nc1cccc2c1CC(=O)N2.